The van der Waals surface area contributed by atoms with Crippen LogP contribution in [0.3, 0.4) is 0 Å². The van der Waals surface area contributed by atoms with Gasteiger partial charge in [-0.2, -0.15) is 0 Å². The molecular formula is C18H38N2. The van der Waals surface area contributed by atoms with Crippen molar-refractivity contribution >= 4 is 0 Å². The highest BCUT2D eigenvalue weighted by Gasteiger charge is 2.23. The Morgan fingerprint density at radius 2 is 1.80 bits per heavy atom. The van der Waals surface area contributed by atoms with E-state index >= 15 is 0 Å². The predicted octanol–water partition coefficient (Wildman–Crippen LogP) is 4.45. The molecule has 0 aromatic carbocycles. The molecule has 1 N–H and O–H groups in total. The molecule has 1 aliphatic heterocycles. The first-order chi connectivity index (χ1) is 9.77. The Kier molecular flexibility index (Phi) is 10.4. The van der Waals surface area contributed by atoms with Crippen LogP contribution < -0.4 is 5.32 Å². The summed E-state index contributed by atoms with van der Waals surface area (Å²) < 4.78 is 0. The minimum Gasteiger partial charge on any atom is -0.314 e. The van der Waals surface area contributed by atoms with Crippen LogP contribution in [0, 0.1) is 5.92 Å². The second-order valence-corrected chi connectivity index (χ2v) is 6.71. The van der Waals surface area contributed by atoms with Gasteiger partial charge >= 0.3 is 0 Å². The first kappa shape index (κ1) is 18.0. The summed E-state index contributed by atoms with van der Waals surface area (Å²) in [7, 11) is 0. The van der Waals surface area contributed by atoms with Gasteiger partial charge in [-0.25, -0.2) is 0 Å². The molecule has 0 spiro atoms. The van der Waals surface area contributed by atoms with Crippen molar-refractivity contribution in [3.8, 4) is 0 Å². The Morgan fingerprint density at radius 3 is 2.55 bits per heavy atom. The van der Waals surface area contributed by atoms with E-state index in [4.69, 9.17) is 0 Å². The molecule has 2 nitrogen and oxygen atoms in total. The maximum absolute atomic E-state index is 3.69. The van der Waals surface area contributed by atoms with Crippen LogP contribution in [-0.2, 0) is 0 Å². The van der Waals surface area contributed by atoms with Crippen molar-refractivity contribution < 1.29 is 0 Å². The van der Waals surface area contributed by atoms with Gasteiger partial charge in [0.25, 0.3) is 0 Å². The molecule has 2 heteroatoms. The van der Waals surface area contributed by atoms with Gasteiger partial charge in [0, 0.05) is 12.6 Å². The standard InChI is InChI=1S/C18H38N2/c1-4-6-7-8-9-10-14-20-15-11-12-18(16-20)17(3)19-13-5-2/h17-19H,4-16H2,1-3H3. The fourth-order valence-corrected chi connectivity index (χ4v) is 3.36. The van der Waals surface area contributed by atoms with Crippen molar-refractivity contribution in [3.05, 3.63) is 0 Å². The summed E-state index contributed by atoms with van der Waals surface area (Å²) in [5.41, 5.74) is 0. The van der Waals surface area contributed by atoms with Crippen LogP contribution in [0.15, 0.2) is 0 Å². The van der Waals surface area contributed by atoms with Gasteiger partial charge < -0.3 is 10.2 Å². The summed E-state index contributed by atoms with van der Waals surface area (Å²) in [6.07, 6.45) is 12.6. The number of hydrogen-bond donors (Lipinski definition) is 1. The molecule has 1 rings (SSSR count). The molecule has 120 valence electrons. The maximum atomic E-state index is 3.69. The van der Waals surface area contributed by atoms with Gasteiger partial charge in [0.2, 0.25) is 0 Å². The van der Waals surface area contributed by atoms with E-state index in [1.165, 1.54) is 84.0 Å². The molecule has 1 heterocycles. The first-order valence-corrected chi connectivity index (χ1v) is 9.23. The minimum atomic E-state index is 0.697. The van der Waals surface area contributed by atoms with Gasteiger partial charge in [-0.3, -0.25) is 0 Å². The molecule has 1 aliphatic rings. The van der Waals surface area contributed by atoms with Crippen LogP contribution >= 0.6 is 0 Å². The van der Waals surface area contributed by atoms with Crippen LogP contribution in [0.1, 0.15) is 78.6 Å². The number of nitrogens with one attached hydrogen (secondary N) is 1. The van der Waals surface area contributed by atoms with Crippen molar-refractivity contribution in [3.63, 3.8) is 0 Å². The zero-order valence-electron chi connectivity index (χ0n) is 14.3. The summed E-state index contributed by atoms with van der Waals surface area (Å²) in [4.78, 5) is 2.72. The fourth-order valence-electron chi connectivity index (χ4n) is 3.36. The molecule has 0 aromatic heterocycles. The summed E-state index contributed by atoms with van der Waals surface area (Å²) in [5.74, 6) is 0.871. The van der Waals surface area contributed by atoms with Crippen LogP contribution in [0.25, 0.3) is 0 Å². The number of nitrogens with zero attached hydrogens (tertiary/aromatic N) is 1. The van der Waals surface area contributed by atoms with E-state index in [1.807, 2.05) is 0 Å². The molecule has 1 saturated heterocycles. The fraction of sp³-hybridized carbons (Fsp3) is 1.00. The number of hydrogen-bond acceptors (Lipinski definition) is 2. The molecule has 0 aliphatic carbocycles. The average molecular weight is 283 g/mol. The van der Waals surface area contributed by atoms with E-state index in [0.29, 0.717) is 6.04 Å². The Bertz CT molecular complexity index is 217. The molecule has 2 unspecified atom stereocenters. The van der Waals surface area contributed by atoms with Crippen LogP contribution in [0.5, 0.6) is 0 Å². The summed E-state index contributed by atoms with van der Waals surface area (Å²) in [5, 5.41) is 3.69. The minimum absolute atomic E-state index is 0.697. The summed E-state index contributed by atoms with van der Waals surface area (Å²) in [6.45, 7) is 12.1. The normalized spacial score (nSPS) is 22.1. The van der Waals surface area contributed by atoms with Gasteiger partial charge in [-0.05, 0) is 58.2 Å². The quantitative estimate of drug-likeness (QED) is 0.563. The van der Waals surface area contributed by atoms with Gasteiger partial charge in [0.1, 0.15) is 0 Å². The lowest BCUT2D eigenvalue weighted by atomic mass is 9.91. The SMILES string of the molecule is CCCCCCCCN1CCCC(C(C)NCCC)C1. The monoisotopic (exact) mass is 282 g/mol. The summed E-state index contributed by atoms with van der Waals surface area (Å²) in [6, 6.07) is 0.697. The molecule has 1 fully saturated rings. The van der Waals surface area contributed by atoms with Crippen molar-refractivity contribution in [2.45, 2.75) is 84.6 Å². The van der Waals surface area contributed by atoms with E-state index in [1.54, 1.807) is 0 Å². The Balaban J connectivity index is 2.10. The largest absolute Gasteiger partial charge is 0.314 e. The zero-order valence-corrected chi connectivity index (χ0v) is 14.3. The molecule has 0 bridgehead atoms. The summed E-state index contributed by atoms with van der Waals surface area (Å²) >= 11 is 0. The highest BCUT2D eigenvalue weighted by molar-refractivity contribution is 4.80. The first-order valence-electron chi connectivity index (χ1n) is 9.23. The van der Waals surface area contributed by atoms with Crippen molar-refractivity contribution in [1.82, 2.24) is 10.2 Å². The van der Waals surface area contributed by atoms with Crippen molar-refractivity contribution in [2.24, 2.45) is 5.92 Å². The van der Waals surface area contributed by atoms with Crippen LogP contribution in [-0.4, -0.2) is 37.1 Å². The van der Waals surface area contributed by atoms with Crippen molar-refractivity contribution in [2.75, 3.05) is 26.2 Å². The lowest BCUT2D eigenvalue weighted by Crippen LogP contribution is -2.44. The lowest BCUT2D eigenvalue weighted by molar-refractivity contribution is 0.148. The lowest BCUT2D eigenvalue weighted by Gasteiger charge is -2.36. The van der Waals surface area contributed by atoms with Crippen LogP contribution in [0.2, 0.25) is 0 Å². The van der Waals surface area contributed by atoms with E-state index in [2.05, 4.69) is 31.0 Å². The van der Waals surface area contributed by atoms with Gasteiger partial charge in [0.05, 0.1) is 0 Å². The number of likely N-dealkylation sites (tertiary alicyclic amines) is 1. The number of unbranched alkanes of at least 4 members (excludes halogenated alkanes) is 5. The van der Waals surface area contributed by atoms with Gasteiger partial charge in [-0.15, -0.1) is 0 Å². The van der Waals surface area contributed by atoms with E-state index in [0.717, 1.165) is 5.92 Å². The van der Waals surface area contributed by atoms with E-state index in [-0.39, 0.29) is 0 Å². The molecule has 2 atom stereocenters. The molecule has 0 saturated carbocycles. The van der Waals surface area contributed by atoms with Crippen molar-refractivity contribution in [1.29, 1.82) is 0 Å². The van der Waals surface area contributed by atoms with E-state index in [9.17, 15) is 0 Å². The third-order valence-corrected chi connectivity index (χ3v) is 4.79. The molecule has 0 radical (unpaired) electrons. The molecule has 0 aromatic rings. The molecule has 0 amide bonds. The highest BCUT2D eigenvalue weighted by Crippen LogP contribution is 2.20. The Hall–Kier alpha value is -0.0800. The second kappa shape index (κ2) is 11.6. The Labute approximate surface area is 127 Å². The molecular weight excluding hydrogens is 244 g/mol. The van der Waals surface area contributed by atoms with Crippen LogP contribution in [0.4, 0.5) is 0 Å². The smallest absolute Gasteiger partial charge is 0.00792 e. The average Bonchev–Trinajstić information content (AvgIpc) is 2.48. The predicted molar refractivity (Wildman–Crippen MR) is 90.3 cm³/mol. The second-order valence-electron chi connectivity index (χ2n) is 6.71. The topological polar surface area (TPSA) is 15.3 Å². The number of rotatable bonds is 11. The molecule has 20 heavy (non-hydrogen) atoms. The third-order valence-electron chi connectivity index (χ3n) is 4.79. The van der Waals surface area contributed by atoms with Gasteiger partial charge in [-0.1, -0.05) is 46.0 Å². The number of piperidine rings is 1. The highest BCUT2D eigenvalue weighted by atomic mass is 15.1. The third kappa shape index (κ3) is 7.64. The Morgan fingerprint density at radius 1 is 1.05 bits per heavy atom. The van der Waals surface area contributed by atoms with E-state index < -0.39 is 0 Å². The zero-order chi connectivity index (χ0) is 14.6. The maximum Gasteiger partial charge on any atom is 0.00792 e. The van der Waals surface area contributed by atoms with Gasteiger partial charge in [0.15, 0.2) is 0 Å².